The van der Waals surface area contributed by atoms with Gasteiger partial charge in [-0.2, -0.15) is 10.2 Å². The number of halogens is 1. The van der Waals surface area contributed by atoms with Crippen molar-refractivity contribution < 1.29 is 9.90 Å². The molecule has 6 heteroatoms. The first-order valence-electron chi connectivity index (χ1n) is 9.08. The Kier molecular flexibility index (Phi) is 5.89. The zero-order valence-corrected chi connectivity index (χ0v) is 15.7. The van der Waals surface area contributed by atoms with Gasteiger partial charge >= 0.3 is 0 Å². The van der Waals surface area contributed by atoms with Crippen LogP contribution in [0.1, 0.15) is 54.6 Å². The van der Waals surface area contributed by atoms with Crippen LogP contribution in [-0.2, 0) is 0 Å². The van der Waals surface area contributed by atoms with E-state index in [1.54, 1.807) is 12.1 Å². The number of amides is 1. The summed E-state index contributed by atoms with van der Waals surface area (Å²) in [6.45, 7) is 2.12. The lowest BCUT2D eigenvalue weighted by Crippen LogP contribution is -2.42. The fourth-order valence-electron chi connectivity index (χ4n) is 3.31. The summed E-state index contributed by atoms with van der Waals surface area (Å²) < 4.78 is 0. The van der Waals surface area contributed by atoms with Crippen molar-refractivity contribution in [3.63, 3.8) is 0 Å². The van der Waals surface area contributed by atoms with Crippen molar-refractivity contribution in [2.24, 2.45) is 0 Å². The number of benzene rings is 1. The van der Waals surface area contributed by atoms with Gasteiger partial charge in [0.05, 0.1) is 27.6 Å². The van der Waals surface area contributed by atoms with E-state index in [1.165, 1.54) is 0 Å². The third-order valence-corrected chi connectivity index (χ3v) is 5.25. The minimum absolute atomic E-state index is 0.247. The van der Waals surface area contributed by atoms with Crippen molar-refractivity contribution in [1.29, 1.82) is 0 Å². The first-order chi connectivity index (χ1) is 12.5. The Balaban J connectivity index is 1.74. The van der Waals surface area contributed by atoms with Crippen LogP contribution in [0.15, 0.2) is 30.3 Å². The molecule has 0 radical (unpaired) electrons. The van der Waals surface area contributed by atoms with Crippen molar-refractivity contribution in [3.05, 3.63) is 46.6 Å². The Hall–Kier alpha value is -1.98. The van der Waals surface area contributed by atoms with E-state index in [0.717, 1.165) is 49.8 Å². The lowest BCUT2D eigenvalue weighted by Gasteiger charge is -2.26. The summed E-state index contributed by atoms with van der Waals surface area (Å²) in [6, 6.07) is 8.96. The summed E-state index contributed by atoms with van der Waals surface area (Å²) in [5.41, 5.74) is 1.85. The molecule has 0 atom stereocenters. The van der Waals surface area contributed by atoms with E-state index in [2.05, 4.69) is 15.5 Å². The maximum Gasteiger partial charge on any atom is 0.252 e. The predicted molar refractivity (Wildman–Crippen MR) is 102 cm³/mol. The molecule has 0 aliphatic heterocycles. The zero-order valence-electron chi connectivity index (χ0n) is 15.0. The Bertz CT molecular complexity index is 769. The molecule has 0 spiro atoms. The summed E-state index contributed by atoms with van der Waals surface area (Å²) in [4.78, 5) is 12.6. The second kappa shape index (κ2) is 8.14. The van der Waals surface area contributed by atoms with Crippen LogP contribution in [-0.4, -0.2) is 33.4 Å². The van der Waals surface area contributed by atoms with Gasteiger partial charge in [0.25, 0.3) is 5.91 Å². The lowest BCUT2D eigenvalue weighted by atomic mass is 9.94. The first kappa shape index (κ1) is 18.8. The average Bonchev–Trinajstić information content (AvgIpc) is 2.86. The van der Waals surface area contributed by atoms with Crippen molar-refractivity contribution >= 4 is 17.5 Å². The molecule has 0 unspecified atom stereocenters. The molecule has 1 saturated carbocycles. The maximum atomic E-state index is 12.6. The van der Waals surface area contributed by atoms with Crippen LogP contribution >= 0.6 is 11.6 Å². The number of nitrogens with zero attached hydrogens (tertiary/aromatic N) is 2. The monoisotopic (exact) mass is 373 g/mol. The van der Waals surface area contributed by atoms with Crippen LogP contribution in [0.5, 0.6) is 0 Å². The lowest BCUT2D eigenvalue weighted by molar-refractivity contribution is 0.0246. The summed E-state index contributed by atoms with van der Waals surface area (Å²) >= 11 is 6.23. The fraction of sp³-hybridized carbons (Fsp3) is 0.450. The van der Waals surface area contributed by atoms with Gasteiger partial charge in [-0.3, -0.25) is 4.79 Å². The number of aryl methyl sites for hydroxylation is 1. The Morgan fingerprint density at radius 2 is 1.88 bits per heavy atom. The second-order valence-electron chi connectivity index (χ2n) is 7.08. The van der Waals surface area contributed by atoms with Gasteiger partial charge in [0.15, 0.2) is 0 Å². The molecule has 138 valence electrons. The SMILES string of the molecule is Cc1ccc(-c2ccc(Cl)c(C(=O)NCC3(O)CCCCCC3)c2)nn1. The van der Waals surface area contributed by atoms with Crippen LogP contribution in [0.3, 0.4) is 0 Å². The van der Waals surface area contributed by atoms with E-state index in [1.807, 2.05) is 25.1 Å². The van der Waals surface area contributed by atoms with Gasteiger partial charge in [0, 0.05) is 12.1 Å². The topological polar surface area (TPSA) is 75.1 Å². The highest BCUT2D eigenvalue weighted by atomic mass is 35.5. The standard InChI is InChI=1S/C20H24ClN3O2/c1-14-6-9-18(24-23-14)15-7-8-17(21)16(12-15)19(25)22-13-20(26)10-4-2-3-5-11-20/h6-9,12,26H,2-5,10-11,13H2,1H3,(H,22,25). The molecule has 3 rings (SSSR count). The molecule has 1 aromatic carbocycles. The van der Waals surface area contributed by atoms with Crippen molar-refractivity contribution in [3.8, 4) is 11.3 Å². The highest BCUT2D eigenvalue weighted by Crippen LogP contribution is 2.27. The Labute approximate surface area is 158 Å². The molecule has 1 aromatic heterocycles. The van der Waals surface area contributed by atoms with Gasteiger partial charge in [0.2, 0.25) is 0 Å². The van der Waals surface area contributed by atoms with Crippen LogP contribution in [0.4, 0.5) is 0 Å². The minimum atomic E-state index is -0.821. The van der Waals surface area contributed by atoms with E-state index in [9.17, 15) is 9.90 Å². The highest BCUT2D eigenvalue weighted by Gasteiger charge is 2.28. The van der Waals surface area contributed by atoms with Gasteiger partial charge in [-0.15, -0.1) is 0 Å². The molecule has 1 aliphatic rings. The van der Waals surface area contributed by atoms with Crippen LogP contribution < -0.4 is 5.32 Å². The minimum Gasteiger partial charge on any atom is -0.388 e. The molecule has 2 N–H and O–H groups in total. The summed E-state index contributed by atoms with van der Waals surface area (Å²) in [6.07, 6.45) is 5.72. The summed E-state index contributed by atoms with van der Waals surface area (Å²) in [7, 11) is 0. The van der Waals surface area contributed by atoms with E-state index < -0.39 is 5.60 Å². The molecular formula is C20H24ClN3O2. The largest absolute Gasteiger partial charge is 0.388 e. The first-order valence-corrected chi connectivity index (χ1v) is 9.45. The molecule has 1 heterocycles. The van der Waals surface area contributed by atoms with Gasteiger partial charge < -0.3 is 10.4 Å². The average molecular weight is 374 g/mol. The number of aliphatic hydroxyl groups is 1. The Morgan fingerprint density at radius 3 is 2.54 bits per heavy atom. The number of rotatable bonds is 4. The number of carbonyl (C=O) groups is 1. The number of carbonyl (C=O) groups excluding carboxylic acids is 1. The molecule has 26 heavy (non-hydrogen) atoms. The number of aromatic nitrogens is 2. The van der Waals surface area contributed by atoms with E-state index >= 15 is 0 Å². The Morgan fingerprint density at radius 1 is 1.15 bits per heavy atom. The van der Waals surface area contributed by atoms with Gasteiger partial charge in [-0.25, -0.2) is 0 Å². The van der Waals surface area contributed by atoms with Gasteiger partial charge in [-0.05, 0) is 44.0 Å². The van der Waals surface area contributed by atoms with Gasteiger partial charge in [0.1, 0.15) is 0 Å². The molecule has 1 aliphatic carbocycles. The molecule has 2 aromatic rings. The highest BCUT2D eigenvalue weighted by molar-refractivity contribution is 6.34. The third kappa shape index (κ3) is 4.59. The van der Waals surface area contributed by atoms with Crippen molar-refractivity contribution in [1.82, 2.24) is 15.5 Å². The number of hydrogen-bond acceptors (Lipinski definition) is 4. The van der Waals surface area contributed by atoms with Crippen LogP contribution in [0, 0.1) is 6.92 Å². The van der Waals surface area contributed by atoms with E-state index in [0.29, 0.717) is 16.3 Å². The van der Waals surface area contributed by atoms with Gasteiger partial charge in [-0.1, -0.05) is 43.4 Å². The summed E-state index contributed by atoms with van der Waals surface area (Å²) in [5, 5.41) is 22.1. The maximum absolute atomic E-state index is 12.6. The van der Waals surface area contributed by atoms with E-state index in [4.69, 9.17) is 11.6 Å². The fourth-order valence-corrected chi connectivity index (χ4v) is 3.52. The number of hydrogen-bond donors (Lipinski definition) is 2. The molecular weight excluding hydrogens is 350 g/mol. The predicted octanol–water partition coefficient (Wildman–Crippen LogP) is 3.92. The van der Waals surface area contributed by atoms with Crippen molar-refractivity contribution in [2.75, 3.05) is 6.54 Å². The molecule has 5 nitrogen and oxygen atoms in total. The molecule has 0 bridgehead atoms. The molecule has 1 fully saturated rings. The zero-order chi connectivity index (χ0) is 18.6. The van der Waals surface area contributed by atoms with E-state index in [-0.39, 0.29) is 12.5 Å². The molecule has 0 saturated heterocycles. The molecule has 1 amide bonds. The second-order valence-corrected chi connectivity index (χ2v) is 7.48. The van der Waals surface area contributed by atoms with Crippen LogP contribution in [0.2, 0.25) is 5.02 Å². The van der Waals surface area contributed by atoms with Crippen LogP contribution in [0.25, 0.3) is 11.3 Å². The smallest absolute Gasteiger partial charge is 0.252 e. The quantitative estimate of drug-likeness (QED) is 0.796. The van der Waals surface area contributed by atoms with Crippen molar-refractivity contribution in [2.45, 2.75) is 51.0 Å². The number of nitrogens with one attached hydrogen (secondary N) is 1. The normalized spacial score (nSPS) is 16.7. The third-order valence-electron chi connectivity index (χ3n) is 4.92. The summed E-state index contributed by atoms with van der Waals surface area (Å²) in [5.74, 6) is -0.283.